The molecule has 4 aliphatic heterocycles. The molecule has 25 heavy (non-hydrogen) atoms. The number of imide groups is 1. The Labute approximate surface area is 143 Å². The van der Waals surface area contributed by atoms with Gasteiger partial charge in [0.25, 0.3) is 0 Å². The Kier molecular flexibility index (Phi) is 2.86. The highest BCUT2D eigenvalue weighted by Crippen LogP contribution is 2.54. The molecule has 0 saturated carbocycles. The lowest BCUT2D eigenvalue weighted by Gasteiger charge is -2.26. The molecule has 3 fully saturated rings. The maximum Gasteiger partial charge on any atom is 0.235 e. The van der Waals surface area contributed by atoms with Crippen LogP contribution in [-0.4, -0.2) is 47.3 Å². The van der Waals surface area contributed by atoms with Crippen LogP contribution >= 0.6 is 0 Å². The number of hydrogen-bond donors (Lipinski definition) is 0. The first-order valence-electron chi connectivity index (χ1n) is 8.40. The molecule has 0 unspecified atom stereocenters. The number of nitriles is 1. The van der Waals surface area contributed by atoms with Gasteiger partial charge in [0.15, 0.2) is 6.10 Å². The minimum absolute atomic E-state index is 0.144. The molecule has 0 spiro atoms. The number of likely N-dealkylation sites (tertiary alicyclic amines) is 1. The summed E-state index contributed by atoms with van der Waals surface area (Å²) in [5.41, 5.74) is 2.15. The van der Waals surface area contributed by atoms with E-state index in [1.165, 1.54) is 4.90 Å². The van der Waals surface area contributed by atoms with Crippen LogP contribution in [0.15, 0.2) is 29.4 Å². The smallest absolute Gasteiger partial charge is 0.235 e. The van der Waals surface area contributed by atoms with E-state index in [2.05, 4.69) is 11.2 Å². The average Bonchev–Trinajstić information content (AvgIpc) is 3.35. The summed E-state index contributed by atoms with van der Waals surface area (Å²) >= 11 is 0. The molecular formula is C18H15N3O4. The third-order valence-electron chi connectivity index (χ3n) is 5.76. The molecule has 2 amide bonds. The van der Waals surface area contributed by atoms with Crippen molar-refractivity contribution >= 4 is 17.5 Å². The fourth-order valence-electron chi connectivity index (χ4n) is 4.68. The highest BCUT2D eigenvalue weighted by molar-refractivity contribution is 6.09. The van der Waals surface area contributed by atoms with E-state index in [9.17, 15) is 9.59 Å². The second-order valence-electron chi connectivity index (χ2n) is 6.80. The highest BCUT2D eigenvalue weighted by Gasteiger charge is 2.71. The molecule has 4 aliphatic rings. The third kappa shape index (κ3) is 1.70. The minimum atomic E-state index is -0.450. The van der Waals surface area contributed by atoms with Gasteiger partial charge in [0.1, 0.15) is 6.10 Å². The van der Waals surface area contributed by atoms with Crippen molar-refractivity contribution in [3.05, 3.63) is 35.4 Å². The number of hydrogen-bond acceptors (Lipinski definition) is 6. The first-order chi connectivity index (χ1) is 12.2. The van der Waals surface area contributed by atoms with Gasteiger partial charge in [-0.05, 0) is 24.6 Å². The second kappa shape index (κ2) is 4.90. The minimum Gasteiger partial charge on any atom is -0.389 e. The van der Waals surface area contributed by atoms with E-state index < -0.39 is 17.9 Å². The SMILES string of the molecule is CCN1C(=O)[C@@H]2[C@H]3O[C@@H]([C@@H]4C(c5ccc(C#N)cc5)=NO[C@H]34)[C@H]2C1=O. The summed E-state index contributed by atoms with van der Waals surface area (Å²) in [6.07, 6.45) is -1.14. The average molecular weight is 337 g/mol. The normalized spacial score (nSPS) is 37.6. The molecule has 0 N–H and O–H groups in total. The van der Waals surface area contributed by atoms with Crippen molar-refractivity contribution in [1.29, 1.82) is 5.26 Å². The van der Waals surface area contributed by atoms with Crippen molar-refractivity contribution in [2.45, 2.75) is 25.2 Å². The van der Waals surface area contributed by atoms with Crippen LogP contribution in [0.25, 0.3) is 0 Å². The predicted molar refractivity (Wildman–Crippen MR) is 84.1 cm³/mol. The third-order valence-corrected chi connectivity index (χ3v) is 5.76. The molecule has 7 heteroatoms. The van der Waals surface area contributed by atoms with Crippen LogP contribution < -0.4 is 0 Å². The first kappa shape index (κ1) is 14.6. The molecule has 2 bridgehead atoms. The van der Waals surface area contributed by atoms with Crippen molar-refractivity contribution in [1.82, 2.24) is 4.90 Å². The summed E-state index contributed by atoms with van der Waals surface area (Å²) in [6, 6.07) is 9.19. The number of ether oxygens (including phenoxy) is 1. The zero-order valence-corrected chi connectivity index (χ0v) is 13.5. The van der Waals surface area contributed by atoms with Crippen LogP contribution in [-0.2, 0) is 19.2 Å². The van der Waals surface area contributed by atoms with Crippen LogP contribution in [0.2, 0.25) is 0 Å². The van der Waals surface area contributed by atoms with Crippen molar-refractivity contribution in [2.24, 2.45) is 22.9 Å². The largest absolute Gasteiger partial charge is 0.389 e. The lowest BCUT2D eigenvalue weighted by molar-refractivity contribution is -0.142. The van der Waals surface area contributed by atoms with E-state index in [1.807, 2.05) is 12.1 Å². The summed E-state index contributed by atoms with van der Waals surface area (Å²) in [5, 5.41) is 13.2. The molecular weight excluding hydrogens is 322 g/mol. The van der Waals surface area contributed by atoms with Gasteiger partial charge >= 0.3 is 0 Å². The molecule has 1 aromatic carbocycles. The molecule has 1 aromatic rings. The van der Waals surface area contributed by atoms with Gasteiger partial charge in [-0.1, -0.05) is 17.3 Å². The number of amides is 2. The zero-order valence-electron chi connectivity index (χ0n) is 13.5. The van der Waals surface area contributed by atoms with E-state index in [-0.39, 0.29) is 29.9 Å². The fourth-order valence-corrected chi connectivity index (χ4v) is 4.68. The standard InChI is InChI=1S/C18H15N3O4/c1-2-21-17(22)10-11(18(21)23)15-16-12(14(10)24-15)13(20-25-16)9-5-3-8(7-19)4-6-9/h3-6,10-12,14-16H,2H2,1H3/t10-,11-,12-,14+,15+,16-/m0/s1. The Hall–Kier alpha value is -2.72. The Morgan fingerprint density at radius 1 is 1.08 bits per heavy atom. The molecule has 4 heterocycles. The quantitative estimate of drug-likeness (QED) is 0.740. The summed E-state index contributed by atoms with van der Waals surface area (Å²) in [6.45, 7) is 2.19. The summed E-state index contributed by atoms with van der Waals surface area (Å²) in [4.78, 5) is 32.1. The maximum absolute atomic E-state index is 12.6. The van der Waals surface area contributed by atoms with E-state index in [1.54, 1.807) is 19.1 Å². The Bertz CT molecular complexity index is 856. The van der Waals surface area contributed by atoms with Crippen LogP contribution in [0.5, 0.6) is 0 Å². The van der Waals surface area contributed by atoms with Gasteiger partial charge in [-0.15, -0.1) is 0 Å². The molecule has 0 aromatic heterocycles. The van der Waals surface area contributed by atoms with E-state index in [0.29, 0.717) is 12.1 Å². The van der Waals surface area contributed by atoms with E-state index in [0.717, 1.165) is 11.3 Å². The van der Waals surface area contributed by atoms with Gasteiger partial charge in [-0.2, -0.15) is 5.26 Å². The van der Waals surface area contributed by atoms with E-state index >= 15 is 0 Å². The number of oxime groups is 1. The van der Waals surface area contributed by atoms with Crippen LogP contribution in [0, 0.1) is 29.1 Å². The number of rotatable bonds is 2. The molecule has 7 nitrogen and oxygen atoms in total. The number of carbonyl (C=O) groups is 2. The van der Waals surface area contributed by atoms with Crippen molar-refractivity contribution < 1.29 is 19.2 Å². The second-order valence-corrected chi connectivity index (χ2v) is 6.80. The van der Waals surface area contributed by atoms with Gasteiger partial charge in [0, 0.05) is 6.54 Å². The van der Waals surface area contributed by atoms with Gasteiger partial charge in [0.05, 0.1) is 41.2 Å². The van der Waals surface area contributed by atoms with Crippen LogP contribution in [0.4, 0.5) is 0 Å². The van der Waals surface area contributed by atoms with Gasteiger partial charge in [-0.25, -0.2) is 0 Å². The Morgan fingerprint density at radius 2 is 1.76 bits per heavy atom. The summed E-state index contributed by atoms with van der Waals surface area (Å²) in [5.74, 6) is -1.35. The molecule has 3 saturated heterocycles. The lowest BCUT2D eigenvalue weighted by atomic mass is 9.71. The highest BCUT2D eigenvalue weighted by atomic mass is 16.7. The lowest BCUT2D eigenvalue weighted by Crippen LogP contribution is -2.45. The number of benzene rings is 1. The molecule has 126 valence electrons. The van der Waals surface area contributed by atoms with Gasteiger partial charge < -0.3 is 9.57 Å². The Morgan fingerprint density at radius 3 is 2.40 bits per heavy atom. The first-order valence-corrected chi connectivity index (χ1v) is 8.40. The Balaban J connectivity index is 1.49. The fraction of sp³-hybridized carbons (Fsp3) is 0.444. The van der Waals surface area contributed by atoms with Crippen molar-refractivity contribution in [3.63, 3.8) is 0 Å². The van der Waals surface area contributed by atoms with Gasteiger partial charge in [0.2, 0.25) is 11.8 Å². The number of carbonyl (C=O) groups excluding carboxylic acids is 2. The summed E-state index contributed by atoms with van der Waals surface area (Å²) in [7, 11) is 0. The predicted octanol–water partition coefficient (Wildman–Crippen LogP) is 0.679. The van der Waals surface area contributed by atoms with Crippen molar-refractivity contribution in [3.8, 4) is 6.07 Å². The summed E-state index contributed by atoms with van der Waals surface area (Å²) < 4.78 is 6.01. The number of fused-ring (bicyclic) bond motifs is 8. The molecule has 6 atom stereocenters. The topological polar surface area (TPSA) is 92.0 Å². The number of nitrogens with zero attached hydrogens (tertiary/aromatic N) is 3. The maximum atomic E-state index is 12.6. The van der Waals surface area contributed by atoms with E-state index in [4.69, 9.17) is 14.8 Å². The molecule has 0 aliphatic carbocycles. The molecule has 5 rings (SSSR count). The monoisotopic (exact) mass is 337 g/mol. The van der Waals surface area contributed by atoms with Gasteiger partial charge in [-0.3, -0.25) is 14.5 Å². The van der Waals surface area contributed by atoms with Crippen molar-refractivity contribution in [2.75, 3.05) is 6.54 Å². The van der Waals surface area contributed by atoms with Crippen LogP contribution in [0.1, 0.15) is 18.1 Å². The van der Waals surface area contributed by atoms with Crippen LogP contribution in [0.3, 0.4) is 0 Å². The molecule has 0 radical (unpaired) electrons. The zero-order chi connectivity index (χ0) is 17.3.